The monoisotopic (exact) mass is 498 g/mol. The van der Waals surface area contributed by atoms with Crippen molar-refractivity contribution in [1.29, 1.82) is 0 Å². The molecule has 0 fully saturated rings. The van der Waals surface area contributed by atoms with Gasteiger partial charge in [-0.05, 0) is 25.7 Å². The van der Waals surface area contributed by atoms with Crippen LogP contribution in [0.4, 0.5) is 0 Å². The summed E-state index contributed by atoms with van der Waals surface area (Å²) in [6.45, 7) is 12.4. The first-order valence-corrected chi connectivity index (χ1v) is 12.9. The first-order chi connectivity index (χ1) is 16.3. The zero-order valence-electron chi connectivity index (χ0n) is 21.9. The van der Waals surface area contributed by atoms with Crippen LogP contribution in [0.25, 0.3) is 0 Å². The van der Waals surface area contributed by atoms with Crippen LogP contribution >= 0.6 is 0 Å². The fourth-order valence-electron chi connectivity index (χ4n) is 3.26. The highest BCUT2D eigenvalue weighted by molar-refractivity contribution is 5.64. The lowest BCUT2D eigenvalue weighted by Gasteiger charge is -2.15. The molecule has 0 aliphatic heterocycles. The first-order valence-electron chi connectivity index (χ1n) is 12.9. The summed E-state index contributed by atoms with van der Waals surface area (Å²) in [5.41, 5.74) is 22.8. The number of unbranched alkanes of at least 4 members (excludes halogenated alkanes) is 5. The van der Waals surface area contributed by atoms with E-state index in [4.69, 9.17) is 0 Å². The SMILES string of the molecule is O=C([O-])CCCCCCCCC(=O)[O-].[NH3+]CCN(CC[NH3+])CC[NH3+].[NH3+]CCN(CC[NH3+])CC[NH3+]. The summed E-state index contributed by atoms with van der Waals surface area (Å²) in [6.07, 6.45) is 5.23. The number of rotatable bonds is 21. The second-order valence-corrected chi connectivity index (χ2v) is 8.17. The molecule has 0 spiro atoms. The van der Waals surface area contributed by atoms with Crippen LogP contribution in [-0.2, 0) is 9.59 Å². The molecule has 0 aromatic carbocycles. The van der Waals surface area contributed by atoms with Crippen LogP contribution < -0.4 is 44.6 Å². The van der Waals surface area contributed by atoms with Gasteiger partial charge in [0.05, 0.1) is 39.3 Å². The largest absolute Gasteiger partial charge is 0.550 e. The van der Waals surface area contributed by atoms with Crippen LogP contribution in [0.15, 0.2) is 0 Å². The topological polar surface area (TPSA) is 253 Å². The molecule has 18 N–H and O–H groups in total. The lowest BCUT2D eigenvalue weighted by Crippen LogP contribution is -2.61. The van der Waals surface area contributed by atoms with Crippen molar-refractivity contribution in [1.82, 2.24) is 9.80 Å². The molecule has 0 saturated heterocycles. The van der Waals surface area contributed by atoms with E-state index in [-0.39, 0.29) is 12.8 Å². The van der Waals surface area contributed by atoms with Gasteiger partial charge in [0.25, 0.3) is 0 Å². The molecular formula is C22H58N8O4+4. The van der Waals surface area contributed by atoms with Crippen molar-refractivity contribution in [3.05, 3.63) is 0 Å². The lowest BCUT2D eigenvalue weighted by molar-refractivity contribution is -0.387. The van der Waals surface area contributed by atoms with Gasteiger partial charge in [-0.25, -0.2) is 0 Å². The van der Waals surface area contributed by atoms with Crippen molar-refractivity contribution in [3.8, 4) is 0 Å². The van der Waals surface area contributed by atoms with E-state index >= 15 is 0 Å². The number of hydrogen-bond donors (Lipinski definition) is 6. The van der Waals surface area contributed by atoms with E-state index in [0.717, 1.165) is 104 Å². The van der Waals surface area contributed by atoms with Gasteiger partial charge in [0.15, 0.2) is 0 Å². The van der Waals surface area contributed by atoms with Gasteiger partial charge in [0.1, 0.15) is 0 Å². The molecule has 0 aliphatic carbocycles. The van der Waals surface area contributed by atoms with Gasteiger partial charge in [-0.15, -0.1) is 0 Å². The number of quaternary nitrogens is 6. The molecule has 12 nitrogen and oxygen atoms in total. The molecule has 0 rings (SSSR count). The Hall–Kier alpha value is -1.38. The Morgan fingerprint density at radius 3 is 0.824 bits per heavy atom. The van der Waals surface area contributed by atoms with Crippen molar-refractivity contribution in [2.75, 3.05) is 78.5 Å². The van der Waals surface area contributed by atoms with Gasteiger partial charge in [0, 0.05) is 51.2 Å². The van der Waals surface area contributed by atoms with Crippen molar-refractivity contribution in [2.24, 2.45) is 0 Å². The van der Waals surface area contributed by atoms with E-state index in [1.54, 1.807) is 0 Å². The van der Waals surface area contributed by atoms with E-state index in [0.29, 0.717) is 12.8 Å². The van der Waals surface area contributed by atoms with Crippen molar-refractivity contribution < 1.29 is 54.2 Å². The fourth-order valence-corrected chi connectivity index (χ4v) is 3.26. The van der Waals surface area contributed by atoms with Crippen LogP contribution in [0.2, 0.25) is 0 Å². The summed E-state index contributed by atoms with van der Waals surface area (Å²) in [6, 6.07) is 0. The summed E-state index contributed by atoms with van der Waals surface area (Å²) < 4.78 is 0. The normalized spacial score (nSPS) is 10.5. The predicted molar refractivity (Wildman–Crippen MR) is 126 cm³/mol. The molecule has 0 saturated carbocycles. The van der Waals surface area contributed by atoms with E-state index in [1.165, 1.54) is 0 Å². The van der Waals surface area contributed by atoms with Crippen molar-refractivity contribution >= 4 is 11.9 Å². The predicted octanol–water partition coefficient (Wildman–Crippen LogP) is -8.36. The summed E-state index contributed by atoms with van der Waals surface area (Å²) in [5.74, 6) is -2.00. The Labute approximate surface area is 206 Å². The average Bonchev–Trinajstić information content (AvgIpc) is 2.77. The molecule has 0 heterocycles. The summed E-state index contributed by atoms with van der Waals surface area (Å²) in [5, 5.41) is 20.1. The summed E-state index contributed by atoms with van der Waals surface area (Å²) in [7, 11) is 0. The van der Waals surface area contributed by atoms with Gasteiger partial charge in [-0.2, -0.15) is 0 Å². The van der Waals surface area contributed by atoms with Gasteiger partial charge < -0.3 is 54.2 Å². The van der Waals surface area contributed by atoms with Crippen molar-refractivity contribution in [2.45, 2.75) is 51.4 Å². The number of aliphatic carboxylic acids is 2. The summed E-state index contributed by atoms with van der Waals surface area (Å²) in [4.78, 5) is 24.8. The van der Waals surface area contributed by atoms with Gasteiger partial charge in [-0.3, -0.25) is 9.80 Å². The molecule has 0 aromatic rings. The van der Waals surface area contributed by atoms with Crippen LogP contribution in [-0.4, -0.2) is 100 Å². The number of carboxylic acids is 2. The maximum Gasteiger partial charge on any atom is 0.0869 e. The molecule has 34 heavy (non-hydrogen) atoms. The molecule has 0 bridgehead atoms. The smallest absolute Gasteiger partial charge is 0.0869 e. The lowest BCUT2D eigenvalue weighted by atomic mass is 10.1. The fraction of sp³-hybridized carbons (Fsp3) is 0.909. The molecule has 0 aliphatic rings. The number of nitrogens with zero attached hydrogens (tertiary/aromatic N) is 2. The second kappa shape index (κ2) is 31.6. The average molecular weight is 499 g/mol. The molecule has 206 valence electrons. The van der Waals surface area contributed by atoms with Gasteiger partial charge in [0.2, 0.25) is 0 Å². The second-order valence-electron chi connectivity index (χ2n) is 8.17. The van der Waals surface area contributed by atoms with Crippen molar-refractivity contribution in [3.63, 3.8) is 0 Å². The molecule has 0 unspecified atom stereocenters. The highest BCUT2D eigenvalue weighted by Crippen LogP contribution is 2.07. The minimum Gasteiger partial charge on any atom is -0.550 e. The minimum atomic E-state index is -0.998. The zero-order valence-corrected chi connectivity index (χ0v) is 21.9. The van der Waals surface area contributed by atoms with Crippen LogP contribution in [0.1, 0.15) is 51.4 Å². The minimum absolute atomic E-state index is 0.124. The van der Waals surface area contributed by atoms with E-state index in [1.807, 2.05) is 0 Å². The maximum absolute atomic E-state index is 10.0. The van der Waals surface area contributed by atoms with Crippen LogP contribution in [0, 0.1) is 0 Å². The quantitative estimate of drug-likeness (QED) is 0.0837. The molecule has 0 amide bonds. The third-order valence-corrected chi connectivity index (χ3v) is 4.86. The Morgan fingerprint density at radius 2 is 0.647 bits per heavy atom. The third kappa shape index (κ3) is 35.2. The zero-order chi connectivity index (χ0) is 26.5. The van der Waals surface area contributed by atoms with E-state index < -0.39 is 11.9 Å². The Morgan fingerprint density at radius 1 is 0.441 bits per heavy atom. The molecule has 0 radical (unpaired) electrons. The van der Waals surface area contributed by atoms with E-state index in [9.17, 15) is 19.8 Å². The Bertz CT molecular complexity index is 367. The van der Waals surface area contributed by atoms with Gasteiger partial charge >= 0.3 is 0 Å². The first kappa shape index (κ1) is 37.2. The number of hydrogen-bond acceptors (Lipinski definition) is 6. The number of carboxylic acid groups (broad SMARTS) is 2. The van der Waals surface area contributed by atoms with Gasteiger partial charge in [-0.1, -0.05) is 25.7 Å². The van der Waals surface area contributed by atoms with Crippen LogP contribution in [0.5, 0.6) is 0 Å². The standard InChI is InChI=1S/C10H18O4.2C6H18N4/c11-9(12)7-5-3-1-2-4-6-8-10(13)14;2*7-1-4-10(5-2-8)6-3-9/h1-8H2,(H,11,12)(H,13,14);2*1-9H2/p+4. The van der Waals surface area contributed by atoms with Crippen LogP contribution in [0.3, 0.4) is 0 Å². The highest BCUT2D eigenvalue weighted by Gasteiger charge is 2.03. The Kier molecular flexibility index (Phi) is 34.6. The van der Waals surface area contributed by atoms with E-state index in [2.05, 4.69) is 44.2 Å². The molecule has 0 atom stereocenters. The molecule has 0 aromatic heterocycles. The maximum atomic E-state index is 10.0. The molecular weight excluding hydrogens is 440 g/mol. The highest BCUT2D eigenvalue weighted by atomic mass is 16.4. The summed E-state index contributed by atoms with van der Waals surface area (Å²) >= 11 is 0. The third-order valence-electron chi connectivity index (χ3n) is 4.86. The number of carbonyl (C=O) groups excluding carboxylic acids is 2. The number of carbonyl (C=O) groups is 2. The molecule has 12 heteroatoms. The Balaban J connectivity index is -0.000000434.